The largest absolute Gasteiger partial charge is 0.341 e. The molecule has 0 spiro atoms. The van der Waals surface area contributed by atoms with E-state index in [1.165, 1.54) is 24.3 Å². The van der Waals surface area contributed by atoms with Crippen LogP contribution in [0.15, 0.2) is 48.7 Å². The van der Waals surface area contributed by atoms with Crippen molar-refractivity contribution in [3.8, 4) is 0 Å². The van der Waals surface area contributed by atoms with Gasteiger partial charge in [-0.25, -0.2) is 9.18 Å². The van der Waals surface area contributed by atoms with Gasteiger partial charge in [0.1, 0.15) is 5.82 Å². The molecular weight excluding hydrogens is 335 g/mol. The van der Waals surface area contributed by atoms with Gasteiger partial charge in [-0.3, -0.25) is 9.78 Å². The summed E-state index contributed by atoms with van der Waals surface area (Å²) in [5.74, 6) is -0.287. The van der Waals surface area contributed by atoms with Crippen LogP contribution in [0.5, 0.6) is 0 Å². The van der Waals surface area contributed by atoms with Gasteiger partial charge in [-0.15, -0.1) is 0 Å². The van der Waals surface area contributed by atoms with Crippen LogP contribution in [0.4, 0.5) is 14.9 Å². The number of likely N-dealkylation sites (tertiary alicyclic amines) is 1. The maximum absolute atomic E-state index is 12.9. The smallest absolute Gasteiger partial charge is 0.319 e. The summed E-state index contributed by atoms with van der Waals surface area (Å²) >= 11 is 0. The van der Waals surface area contributed by atoms with E-state index in [0.717, 1.165) is 5.69 Å². The lowest BCUT2D eigenvalue weighted by atomic mass is 10.2. The highest BCUT2D eigenvalue weighted by atomic mass is 19.1. The molecular formula is C19H21FN4O2. The van der Waals surface area contributed by atoms with Crippen molar-refractivity contribution in [3.63, 3.8) is 0 Å². The van der Waals surface area contributed by atoms with Crippen LogP contribution in [0.25, 0.3) is 0 Å². The summed E-state index contributed by atoms with van der Waals surface area (Å²) in [6.07, 6.45) is 3.45. The fraction of sp³-hybridized carbons (Fsp3) is 0.316. The Balaban J connectivity index is 1.42. The highest BCUT2D eigenvalue weighted by Crippen LogP contribution is 2.13. The van der Waals surface area contributed by atoms with Crippen molar-refractivity contribution in [2.24, 2.45) is 0 Å². The number of aryl methyl sites for hydroxylation is 1. The van der Waals surface area contributed by atoms with Crippen molar-refractivity contribution in [1.82, 2.24) is 15.2 Å². The molecule has 1 aromatic heterocycles. The Kier molecular flexibility index (Phi) is 5.78. The van der Waals surface area contributed by atoms with Gasteiger partial charge in [0, 0.05) is 43.1 Å². The van der Waals surface area contributed by atoms with Crippen molar-refractivity contribution < 1.29 is 14.0 Å². The molecule has 1 atom stereocenters. The van der Waals surface area contributed by atoms with Gasteiger partial charge in [0.15, 0.2) is 0 Å². The zero-order valence-corrected chi connectivity index (χ0v) is 14.3. The van der Waals surface area contributed by atoms with E-state index in [2.05, 4.69) is 15.6 Å². The fourth-order valence-corrected chi connectivity index (χ4v) is 2.93. The molecule has 0 radical (unpaired) electrons. The minimum absolute atomic E-state index is 0.0684. The van der Waals surface area contributed by atoms with Crippen molar-refractivity contribution >= 4 is 17.6 Å². The molecule has 0 aliphatic carbocycles. The van der Waals surface area contributed by atoms with Crippen molar-refractivity contribution in [1.29, 1.82) is 0 Å². The number of amides is 3. The number of pyridine rings is 1. The molecule has 0 saturated carbocycles. The zero-order valence-electron chi connectivity index (χ0n) is 14.3. The van der Waals surface area contributed by atoms with E-state index in [-0.39, 0.29) is 23.8 Å². The third-order valence-corrected chi connectivity index (χ3v) is 4.30. The molecule has 136 valence electrons. The van der Waals surface area contributed by atoms with Gasteiger partial charge in [0.25, 0.3) is 0 Å². The van der Waals surface area contributed by atoms with Crippen LogP contribution in [0, 0.1) is 5.82 Å². The topological polar surface area (TPSA) is 74.3 Å². The number of urea groups is 1. The number of anilines is 1. The van der Waals surface area contributed by atoms with Gasteiger partial charge in [0.05, 0.1) is 0 Å². The summed E-state index contributed by atoms with van der Waals surface area (Å²) < 4.78 is 12.9. The number of rotatable bonds is 5. The highest BCUT2D eigenvalue weighted by Gasteiger charge is 2.27. The average Bonchev–Trinajstić information content (AvgIpc) is 3.11. The van der Waals surface area contributed by atoms with Gasteiger partial charge < -0.3 is 15.5 Å². The molecule has 2 heterocycles. The number of carbonyl (C=O) groups is 2. The predicted molar refractivity (Wildman–Crippen MR) is 96.1 cm³/mol. The Morgan fingerprint density at radius 3 is 2.73 bits per heavy atom. The number of hydrogen-bond acceptors (Lipinski definition) is 3. The predicted octanol–water partition coefficient (Wildman–Crippen LogP) is 2.58. The van der Waals surface area contributed by atoms with Gasteiger partial charge >= 0.3 is 6.03 Å². The number of hydrogen-bond donors (Lipinski definition) is 2. The van der Waals surface area contributed by atoms with E-state index in [1.807, 2.05) is 18.2 Å². The van der Waals surface area contributed by atoms with Crippen molar-refractivity contribution in [2.75, 3.05) is 18.4 Å². The molecule has 7 heteroatoms. The molecule has 3 rings (SSSR count). The van der Waals surface area contributed by atoms with Crippen LogP contribution in [0.2, 0.25) is 0 Å². The molecule has 1 unspecified atom stereocenters. The molecule has 26 heavy (non-hydrogen) atoms. The molecule has 1 aliphatic heterocycles. The second-order valence-corrected chi connectivity index (χ2v) is 6.25. The number of nitrogens with one attached hydrogen (secondary N) is 2. The summed E-state index contributed by atoms with van der Waals surface area (Å²) in [6.45, 7) is 1.13. The zero-order chi connectivity index (χ0) is 18.4. The second-order valence-electron chi connectivity index (χ2n) is 6.25. The second kappa shape index (κ2) is 8.42. The summed E-state index contributed by atoms with van der Waals surface area (Å²) in [4.78, 5) is 30.3. The highest BCUT2D eigenvalue weighted by molar-refractivity contribution is 5.89. The van der Waals surface area contributed by atoms with E-state index in [9.17, 15) is 14.0 Å². The fourth-order valence-electron chi connectivity index (χ4n) is 2.93. The quantitative estimate of drug-likeness (QED) is 0.865. The Hall–Kier alpha value is -2.96. The van der Waals surface area contributed by atoms with E-state index in [4.69, 9.17) is 0 Å². The van der Waals surface area contributed by atoms with Gasteiger partial charge in [-0.1, -0.05) is 6.07 Å². The molecule has 6 nitrogen and oxygen atoms in total. The number of halogens is 1. The van der Waals surface area contributed by atoms with E-state index >= 15 is 0 Å². The molecule has 1 aliphatic rings. The van der Waals surface area contributed by atoms with Crippen molar-refractivity contribution in [3.05, 3.63) is 60.2 Å². The maximum Gasteiger partial charge on any atom is 0.319 e. The van der Waals surface area contributed by atoms with Crippen LogP contribution in [0.3, 0.4) is 0 Å². The van der Waals surface area contributed by atoms with Gasteiger partial charge in [-0.05, 0) is 49.2 Å². The molecule has 1 saturated heterocycles. The summed E-state index contributed by atoms with van der Waals surface area (Å²) in [5.41, 5.74) is 1.42. The van der Waals surface area contributed by atoms with Gasteiger partial charge in [0.2, 0.25) is 5.91 Å². The van der Waals surface area contributed by atoms with Crippen LogP contribution >= 0.6 is 0 Å². The van der Waals surface area contributed by atoms with Crippen LogP contribution in [-0.2, 0) is 11.2 Å². The Morgan fingerprint density at radius 2 is 2.00 bits per heavy atom. The SMILES string of the molecule is O=C(Nc1ccc(F)cc1)NC1CCN(C(=O)CCc2ccccn2)C1. The molecule has 2 N–H and O–H groups in total. The average molecular weight is 356 g/mol. The monoisotopic (exact) mass is 356 g/mol. The van der Waals surface area contributed by atoms with Crippen LogP contribution < -0.4 is 10.6 Å². The Labute approximate surface area is 151 Å². The molecule has 0 bridgehead atoms. The molecule has 1 fully saturated rings. The summed E-state index contributed by atoms with van der Waals surface area (Å²) in [7, 11) is 0. The first kappa shape index (κ1) is 17.8. The van der Waals surface area contributed by atoms with E-state index < -0.39 is 0 Å². The lowest BCUT2D eigenvalue weighted by Gasteiger charge is -2.17. The number of aromatic nitrogens is 1. The van der Waals surface area contributed by atoms with Crippen LogP contribution in [0.1, 0.15) is 18.5 Å². The minimum atomic E-state index is -0.357. The van der Waals surface area contributed by atoms with E-state index in [1.54, 1.807) is 11.1 Å². The normalized spacial score (nSPS) is 16.3. The third-order valence-electron chi connectivity index (χ3n) is 4.30. The van der Waals surface area contributed by atoms with Crippen LogP contribution in [-0.4, -0.2) is 41.0 Å². The molecule has 1 aromatic carbocycles. The first-order valence-corrected chi connectivity index (χ1v) is 8.61. The first-order chi connectivity index (χ1) is 12.6. The first-order valence-electron chi connectivity index (χ1n) is 8.61. The Morgan fingerprint density at radius 1 is 1.19 bits per heavy atom. The minimum Gasteiger partial charge on any atom is -0.341 e. The van der Waals surface area contributed by atoms with Crippen molar-refractivity contribution in [2.45, 2.75) is 25.3 Å². The molecule has 2 aromatic rings. The number of carbonyl (C=O) groups excluding carboxylic acids is 2. The number of nitrogens with zero attached hydrogens (tertiary/aromatic N) is 2. The Bertz CT molecular complexity index is 752. The third kappa shape index (κ3) is 5.02. The molecule has 3 amide bonds. The maximum atomic E-state index is 12.9. The van der Waals surface area contributed by atoms with E-state index in [0.29, 0.717) is 38.0 Å². The summed E-state index contributed by atoms with van der Waals surface area (Å²) in [6, 6.07) is 10.8. The standard InChI is InChI=1S/C19H21FN4O2/c20-14-4-6-16(7-5-14)22-19(26)23-17-10-12-24(13-17)18(25)9-8-15-3-1-2-11-21-15/h1-7,11,17H,8-10,12-13H2,(H2,22,23,26). The lowest BCUT2D eigenvalue weighted by molar-refractivity contribution is -0.130. The summed E-state index contributed by atoms with van der Waals surface area (Å²) in [5, 5.41) is 5.51. The lowest BCUT2D eigenvalue weighted by Crippen LogP contribution is -2.40. The van der Waals surface area contributed by atoms with Gasteiger partial charge in [-0.2, -0.15) is 0 Å². The number of benzene rings is 1.